The first-order valence-electron chi connectivity index (χ1n) is 6.31. The standard InChI is InChI=1S/C14H20F2N2O2/c1-14(2,3)20-13(19)18-10-6-4-5-9(7-10)11(8-17)12(15)16/h4-7,11-12H,8,17H2,1-3H3,(H,18,19). The maximum Gasteiger partial charge on any atom is 0.412 e. The van der Waals surface area contributed by atoms with Gasteiger partial charge in [0.2, 0.25) is 6.43 Å². The van der Waals surface area contributed by atoms with Crippen LogP contribution in [0.25, 0.3) is 0 Å². The van der Waals surface area contributed by atoms with E-state index >= 15 is 0 Å². The van der Waals surface area contributed by atoms with Crippen LogP contribution < -0.4 is 11.1 Å². The molecule has 0 aliphatic rings. The number of carbonyl (C=O) groups excluding carboxylic acids is 1. The molecule has 0 saturated carbocycles. The topological polar surface area (TPSA) is 64.3 Å². The molecule has 1 aromatic rings. The minimum atomic E-state index is -2.54. The summed E-state index contributed by atoms with van der Waals surface area (Å²) in [5.41, 5.74) is 5.51. The molecule has 0 saturated heterocycles. The molecule has 6 heteroatoms. The van der Waals surface area contributed by atoms with Crippen LogP contribution in [0.3, 0.4) is 0 Å². The quantitative estimate of drug-likeness (QED) is 0.892. The van der Waals surface area contributed by atoms with E-state index in [1.165, 1.54) is 6.07 Å². The average Bonchev–Trinajstić information content (AvgIpc) is 2.26. The van der Waals surface area contributed by atoms with Gasteiger partial charge in [-0.3, -0.25) is 5.32 Å². The lowest BCUT2D eigenvalue weighted by atomic mass is 9.99. The van der Waals surface area contributed by atoms with Crippen LogP contribution >= 0.6 is 0 Å². The maximum absolute atomic E-state index is 12.8. The normalized spacial score (nSPS) is 13.2. The van der Waals surface area contributed by atoms with Crippen molar-refractivity contribution in [2.45, 2.75) is 38.7 Å². The largest absolute Gasteiger partial charge is 0.444 e. The highest BCUT2D eigenvalue weighted by Crippen LogP contribution is 2.24. The van der Waals surface area contributed by atoms with Gasteiger partial charge in [-0.15, -0.1) is 0 Å². The van der Waals surface area contributed by atoms with Crippen molar-refractivity contribution in [2.24, 2.45) is 5.73 Å². The number of amides is 1. The first-order chi connectivity index (χ1) is 9.23. The lowest BCUT2D eigenvalue weighted by Crippen LogP contribution is -2.27. The van der Waals surface area contributed by atoms with Gasteiger partial charge in [0.1, 0.15) is 5.60 Å². The monoisotopic (exact) mass is 286 g/mol. The van der Waals surface area contributed by atoms with E-state index in [9.17, 15) is 13.6 Å². The van der Waals surface area contributed by atoms with Gasteiger partial charge in [0.15, 0.2) is 0 Å². The fourth-order valence-electron chi connectivity index (χ4n) is 1.65. The Kier molecular flexibility index (Phi) is 5.44. The van der Waals surface area contributed by atoms with Gasteiger partial charge < -0.3 is 10.5 Å². The lowest BCUT2D eigenvalue weighted by Gasteiger charge is -2.20. The van der Waals surface area contributed by atoms with Gasteiger partial charge in [-0.05, 0) is 38.5 Å². The molecule has 4 nitrogen and oxygen atoms in total. The van der Waals surface area contributed by atoms with E-state index in [1.54, 1.807) is 39.0 Å². The lowest BCUT2D eigenvalue weighted by molar-refractivity contribution is 0.0636. The molecule has 1 aromatic carbocycles. The second-order valence-electron chi connectivity index (χ2n) is 5.43. The summed E-state index contributed by atoms with van der Waals surface area (Å²) >= 11 is 0. The highest BCUT2D eigenvalue weighted by Gasteiger charge is 2.21. The van der Waals surface area contributed by atoms with Crippen LogP contribution in [0.2, 0.25) is 0 Å². The Hall–Kier alpha value is -1.69. The van der Waals surface area contributed by atoms with Crippen molar-refractivity contribution in [3.63, 3.8) is 0 Å². The van der Waals surface area contributed by atoms with E-state index in [4.69, 9.17) is 10.5 Å². The van der Waals surface area contributed by atoms with Crippen molar-refractivity contribution in [1.29, 1.82) is 0 Å². The summed E-state index contributed by atoms with van der Waals surface area (Å²) in [6.45, 7) is 5.06. The zero-order chi connectivity index (χ0) is 15.3. The van der Waals surface area contributed by atoms with Gasteiger partial charge in [-0.25, -0.2) is 13.6 Å². The highest BCUT2D eigenvalue weighted by molar-refractivity contribution is 5.84. The molecule has 1 amide bonds. The van der Waals surface area contributed by atoms with E-state index in [1.807, 2.05) is 0 Å². The van der Waals surface area contributed by atoms with Gasteiger partial charge in [-0.2, -0.15) is 0 Å². The van der Waals surface area contributed by atoms with Crippen molar-refractivity contribution in [3.05, 3.63) is 29.8 Å². The van der Waals surface area contributed by atoms with Gasteiger partial charge in [0.25, 0.3) is 0 Å². The number of carbonyl (C=O) groups is 1. The first-order valence-corrected chi connectivity index (χ1v) is 6.31. The number of rotatable bonds is 4. The van der Waals surface area contributed by atoms with E-state index in [0.29, 0.717) is 11.3 Å². The van der Waals surface area contributed by atoms with Crippen molar-refractivity contribution in [1.82, 2.24) is 0 Å². The molecule has 0 radical (unpaired) electrons. The van der Waals surface area contributed by atoms with E-state index in [2.05, 4.69) is 5.32 Å². The number of hydrogen-bond acceptors (Lipinski definition) is 3. The van der Waals surface area contributed by atoms with Gasteiger partial charge in [-0.1, -0.05) is 12.1 Å². The molecule has 0 spiro atoms. The maximum atomic E-state index is 12.8. The molecule has 0 heterocycles. The fourth-order valence-corrected chi connectivity index (χ4v) is 1.65. The van der Waals surface area contributed by atoms with Crippen LogP contribution in [0.1, 0.15) is 32.3 Å². The molecule has 112 valence electrons. The van der Waals surface area contributed by atoms with E-state index in [0.717, 1.165) is 0 Å². The molecule has 0 aliphatic heterocycles. The first kappa shape index (κ1) is 16.4. The Balaban J connectivity index is 2.81. The molecule has 3 N–H and O–H groups in total. The molecule has 0 bridgehead atoms. The van der Waals surface area contributed by atoms with Crippen LogP contribution in [0.5, 0.6) is 0 Å². The van der Waals surface area contributed by atoms with Crippen LogP contribution in [0.15, 0.2) is 24.3 Å². The zero-order valence-electron chi connectivity index (χ0n) is 11.8. The summed E-state index contributed by atoms with van der Waals surface area (Å²) in [6.07, 6.45) is -3.17. The van der Waals surface area contributed by atoms with Crippen LogP contribution in [0.4, 0.5) is 19.3 Å². The van der Waals surface area contributed by atoms with Crippen molar-refractivity contribution in [3.8, 4) is 0 Å². The Bertz CT molecular complexity index is 459. The number of hydrogen-bond donors (Lipinski definition) is 2. The van der Waals surface area contributed by atoms with Crippen LogP contribution in [-0.2, 0) is 4.74 Å². The molecule has 1 rings (SSSR count). The van der Waals surface area contributed by atoms with Gasteiger partial charge in [0.05, 0.1) is 5.92 Å². The Morgan fingerprint density at radius 1 is 1.40 bits per heavy atom. The Morgan fingerprint density at radius 3 is 2.55 bits per heavy atom. The molecule has 0 fully saturated rings. The Labute approximate surface area is 117 Å². The molecule has 20 heavy (non-hydrogen) atoms. The van der Waals surface area contributed by atoms with E-state index < -0.39 is 24.0 Å². The molecule has 1 atom stereocenters. The summed E-state index contributed by atoms with van der Waals surface area (Å²) in [7, 11) is 0. The number of ether oxygens (including phenoxy) is 1. The minimum Gasteiger partial charge on any atom is -0.444 e. The summed E-state index contributed by atoms with van der Waals surface area (Å²) in [5, 5.41) is 2.51. The molecular weight excluding hydrogens is 266 g/mol. The Morgan fingerprint density at radius 2 is 2.05 bits per heavy atom. The number of benzene rings is 1. The second-order valence-corrected chi connectivity index (χ2v) is 5.43. The smallest absolute Gasteiger partial charge is 0.412 e. The predicted octanol–water partition coefficient (Wildman–Crippen LogP) is 3.34. The number of alkyl halides is 2. The number of nitrogens with one attached hydrogen (secondary N) is 1. The van der Waals surface area contributed by atoms with Gasteiger partial charge >= 0.3 is 6.09 Å². The van der Waals surface area contributed by atoms with Crippen LogP contribution in [0, 0.1) is 0 Å². The van der Waals surface area contributed by atoms with Crippen molar-refractivity contribution in [2.75, 3.05) is 11.9 Å². The fraction of sp³-hybridized carbons (Fsp3) is 0.500. The van der Waals surface area contributed by atoms with Crippen molar-refractivity contribution >= 4 is 11.8 Å². The SMILES string of the molecule is CC(C)(C)OC(=O)Nc1cccc(C(CN)C(F)F)c1. The predicted molar refractivity (Wildman–Crippen MR) is 74.1 cm³/mol. The zero-order valence-corrected chi connectivity index (χ0v) is 11.8. The number of halogens is 2. The average molecular weight is 286 g/mol. The van der Waals surface area contributed by atoms with Gasteiger partial charge in [0, 0.05) is 12.2 Å². The summed E-state index contributed by atoms with van der Waals surface area (Å²) < 4.78 is 30.7. The molecule has 0 aliphatic carbocycles. The molecular formula is C14H20F2N2O2. The highest BCUT2D eigenvalue weighted by atomic mass is 19.3. The number of nitrogens with two attached hydrogens (primary N) is 1. The minimum absolute atomic E-state index is 0.159. The third-order valence-electron chi connectivity index (χ3n) is 2.52. The van der Waals surface area contributed by atoms with Crippen molar-refractivity contribution < 1.29 is 18.3 Å². The summed E-state index contributed by atoms with van der Waals surface area (Å²) in [6, 6.07) is 6.23. The van der Waals surface area contributed by atoms with Crippen LogP contribution in [-0.4, -0.2) is 24.7 Å². The van der Waals surface area contributed by atoms with E-state index in [-0.39, 0.29) is 6.54 Å². The molecule has 0 aromatic heterocycles. The third kappa shape index (κ3) is 5.13. The second kappa shape index (κ2) is 6.65. The number of anilines is 1. The summed E-state index contributed by atoms with van der Waals surface area (Å²) in [4.78, 5) is 11.6. The third-order valence-corrected chi connectivity index (χ3v) is 2.52. The molecule has 1 unspecified atom stereocenters. The summed E-state index contributed by atoms with van der Waals surface area (Å²) in [5.74, 6) is -1.05.